The van der Waals surface area contributed by atoms with Gasteiger partial charge in [0.2, 0.25) is 0 Å². The molecule has 0 aliphatic heterocycles. The molecule has 1 N–H and O–H groups in total. The fourth-order valence-corrected chi connectivity index (χ4v) is 2.00. The average Bonchev–Trinajstić information content (AvgIpc) is 2.34. The Hall–Kier alpha value is -1.03. The van der Waals surface area contributed by atoms with Crippen LogP contribution >= 0.6 is 0 Å². The quantitative estimate of drug-likeness (QED) is 0.654. The number of rotatable bonds is 9. The average molecular weight is 274 g/mol. The highest BCUT2D eigenvalue weighted by atomic mass is 19.1. The summed E-state index contributed by atoms with van der Waals surface area (Å²) in [5.74, 6) is -0.910. The molecular formula is C15H24F2O2. The number of allylic oxidation sites excluding steroid dienone is 3. The zero-order chi connectivity index (χ0) is 15.0. The van der Waals surface area contributed by atoms with Crippen molar-refractivity contribution in [2.45, 2.75) is 45.9 Å². The van der Waals surface area contributed by atoms with Crippen molar-refractivity contribution in [3.05, 3.63) is 24.3 Å². The fraction of sp³-hybridized carbons (Fsp3) is 0.667. The number of hydrogen-bond acceptors (Lipinski definition) is 2. The number of carbonyl (C=O) groups excluding carboxylic acids is 1. The first kappa shape index (κ1) is 18.0. The number of aliphatic hydroxyl groups excluding tert-OH is 1. The Balaban J connectivity index is 4.57. The summed E-state index contributed by atoms with van der Waals surface area (Å²) in [5.41, 5.74) is 0.285. The van der Waals surface area contributed by atoms with Crippen molar-refractivity contribution in [2.24, 2.45) is 11.8 Å². The molecule has 0 amide bonds. The van der Waals surface area contributed by atoms with E-state index in [-0.39, 0.29) is 23.7 Å². The minimum atomic E-state index is -1.35. The van der Waals surface area contributed by atoms with Crippen molar-refractivity contribution in [1.29, 1.82) is 0 Å². The molecule has 4 atom stereocenters. The van der Waals surface area contributed by atoms with E-state index in [1.807, 2.05) is 0 Å². The van der Waals surface area contributed by atoms with Gasteiger partial charge in [0.1, 0.15) is 6.17 Å². The third-order valence-corrected chi connectivity index (χ3v) is 3.29. The molecular weight excluding hydrogens is 250 g/mol. The van der Waals surface area contributed by atoms with Gasteiger partial charge in [0, 0.05) is 0 Å². The van der Waals surface area contributed by atoms with Crippen molar-refractivity contribution in [2.75, 3.05) is 6.67 Å². The zero-order valence-corrected chi connectivity index (χ0v) is 11.9. The number of alkyl halides is 2. The maximum atomic E-state index is 13.9. The van der Waals surface area contributed by atoms with Crippen LogP contribution in [0.4, 0.5) is 8.78 Å². The second-order valence-electron chi connectivity index (χ2n) is 5.17. The van der Waals surface area contributed by atoms with Crippen LogP contribution in [0.2, 0.25) is 0 Å². The van der Waals surface area contributed by atoms with Crippen LogP contribution in [0.3, 0.4) is 0 Å². The minimum Gasteiger partial charge on any atom is -0.393 e. The topological polar surface area (TPSA) is 37.3 Å². The van der Waals surface area contributed by atoms with Crippen molar-refractivity contribution in [3.8, 4) is 0 Å². The lowest BCUT2D eigenvalue weighted by molar-refractivity contribution is -0.110. The summed E-state index contributed by atoms with van der Waals surface area (Å²) in [5, 5.41) is 9.28. The van der Waals surface area contributed by atoms with Crippen molar-refractivity contribution >= 4 is 5.78 Å². The van der Waals surface area contributed by atoms with E-state index in [2.05, 4.69) is 6.58 Å². The van der Waals surface area contributed by atoms with E-state index >= 15 is 0 Å². The van der Waals surface area contributed by atoms with Crippen LogP contribution in [0, 0.1) is 11.8 Å². The van der Waals surface area contributed by atoms with Gasteiger partial charge in [-0.15, -0.1) is 0 Å². The lowest BCUT2D eigenvalue weighted by Gasteiger charge is -2.24. The van der Waals surface area contributed by atoms with Gasteiger partial charge >= 0.3 is 0 Å². The van der Waals surface area contributed by atoms with Crippen molar-refractivity contribution in [3.63, 3.8) is 0 Å². The molecule has 0 aliphatic carbocycles. The van der Waals surface area contributed by atoms with Gasteiger partial charge in [0.05, 0.1) is 12.8 Å². The van der Waals surface area contributed by atoms with Gasteiger partial charge in [0.15, 0.2) is 5.78 Å². The van der Waals surface area contributed by atoms with Crippen LogP contribution in [0.5, 0.6) is 0 Å². The Labute approximate surface area is 114 Å². The Bertz CT molecular complexity index is 324. The van der Waals surface area contributed by atoms with Crippen molar-refractivity contribution in [1.82, 2.24) is 0 Å². The highest BCUT2D eigenvalue weighted by molar-refractivity contribution is 5.99. The highest BCUT2D eigenvalue weighted by Gasteiger charge is 2.23. The van der Waals surface area contributed by atoms with E-state index in [9.17, 15) is 18.7 Å². The minimum absolute atomic E-state index is 0.0249. The van der Waals surface area contributed by atoms with E-state index < -0.39 is 24.9 Å². The molecule has 0 unspecified atom stereocenters. The van der Waals surface area contributed by atoms with Crippen LogP contribution in [-0.2, 0) is 4.79 Å². The van der Waals surface area contributed by atoms with Gasteiger partial charge in [0.25, 0.3) is 0 Å². The van der Waals surface area contributed by atoms with Gasteiger partial charge in [-0.05, 0) is 56.3 Å². The Morgan fingerprint density at radius 1 is 1.37 bits per heavy atom. The molecule has 0 fully saturated rings. The van der Waals surface area contributed by atoms with Gasteiger partial charge in [-0.1, -0.05) is 13.5 Å². The number of hydrogen-bond donors (Lipinski definition) is 1. The summed E-state index contributed by atoms with van der Waals surface area (Å²) in [6.07, 6.45) is 0.889. The van der Waals surface area contributed by atoms with E-state index in [0.29, 0.717) is 6.42 Å². The number of halogens is 2. The second-order valence-corrected chi connectivity index (χ2v) is 5.17. The molecule has 0 spiro atoms. The Morgan fingerprint density at radius 2 is 1.95 bits per heavy atom. The molecule has 110 valence electrons. The first-order valence-corrected chi connectivity index (χ1v) is 6.54. The SMILES string of the molecule is C=CC(=O)/C=C(\C)[C@@H](F)C[C@H](CF)[C@@H](C)C[C@@H](C)O. The molecule has 0 heterocycles. The van der Waals surface area contributed by atoms with Crippen LogP contribution in [0.25, 0.3) is 0 Å². The van der Waals surface area contributed by atoms with E-state index in [0.717, 1.165) is 6.08 Å². The summed E-state index contributed by atoms with van der Waals surface area (Å²) in [7, 11) is 0. The predicted octanol–water partition coefficient (Wildman–Crippen LogP) is 3.41. The lowest BCUT2D eigenvalue weighted by Crippen LogP contribution is -2.22. The number of ketones is 1. The molecule has 0 radical (unpaired) electrons. The monoisotopic (exact) mass is 274 g/mol. The molecule has 19 heavy (non-hydrogen) atoms. The lowest BCUT2D eigenvalue weighted by atomic mass is 9.85. The van der Waals surface area contributed by atoms with Gasteiger partial charge in [-0.2, -0.15) is 0 Å². The maximum absolute atomic E-state index is 13.9. The van der Waals surface area contributed by atoms with E-state index in [1.54, 1.807) is 13.8 Å². The summed E-state index contributed by atoms with van der Waals surface area (Å²) in [4.78, 5) is 11.1. The predicted molar refractivity (Wildman–Crippen MR) is 73.4 cm³/mol. The summed E-state index contributed by atoms with van der Waals surface area (Å²) in [6.45, 7) is 7.63. The molecule has 4 heteroatoms. The smallest absolute Gasteiger partial charge is 0.178 e. The molecule has 0 saturated heterocycles. The molecule has 0 aromatic carbocycles. The first-order valence-electron chi connectivity index (χ1n) is 6.54. The second kappa shape index (κ2) is 8.97. The largest absolute Gasteiger partial charge is 0.393 e. The van der Waals surface area contributed by atoms with E-state index in [1.165, 1.54) is 13.0 Å². The van der Waals surface area contributed by atoms with Crippen molar-refractivity contribution < 1.29 is 18.7 Å². The first-order chi connectivity index (χ1) is 8.81. The van der Waals surface area contributed by atoms with Gasteiger partial charge < -0.3 is 5.11 Å². The Kier molecular flexibility index (Phi) is 8.48. The molecule has 0 bridgehead atoms. The maximum Gasteiger partial charge on any atom is 0.178 e. The van der Waals surface area contributed by atoms with E-state index in [4.69, 9.17) is 0 Å². The fourth-order valence-electron chi connectivity index (χ4n) is 2.00. The number of carbonyl (C=O) groups is 1. The number of aliphatic hydroxyl groups is 1. The summed E-state index contributed by atoms with van der Waals surface area (Å²) in [6, 6.07) is 0. The zero-order valence-electron chi connectivity index (χ0n) is 11.9. The normalized spacial score (nSPS) is 18.5. The van der Waals surface area contributed by atoms with Crippen LogP contribution in [0.1, 0.15) is 33.6 Å². The molecule has 0 aliphatic rings. The molecule has 0 aromatic heterocycles. The molecule has 0 saturated carbocycles. The molecule has 0 rings (SSSR count). The van der Waals surface area contributed by atoms with Gasteiger partial charge in [-0.3, -0.25) is 9.18 Å². The third kappa shape index (κ3) is 7.21. The third-order valence-electron chi connectivity index (χ3n) is 3.29. The summed E-state index contributed by atoms with van der Waals surface area (Å²) < 4.78 is 26.9. The van der Waals surface area contributed by atoms with Gasteiger partial charge in [-0.25, -0.2) is 4.39 Å². The molecule has 0 aromatic rings. The van der Waals surface area contributed by atoms with Crippen LogP contribution in [0.15, 0.2) is 24.3 Å². The Morgan fingerprint density at radius 3 is 2.37 bits per heavy atom. The highest BCUT2D eigenvalue weighted by Crippen LogP contribution is 2.26. The standard InChI is InChI=1S/C15H24F2O2/c1-5-14(19)7-11(3)15(17)8-13(9-16)10(2)6-12(4)18/h5,7,10,12-13,15,18H,1,6,8-9H2,2-4H3/b11-7+/t10-,12+,13+,15-/m0/s1. The summed E-state index contributed by atoms with van der Waals surface area (Å²) >= 11 is 0. The van der Waals surface area contributed by atoms with Crippen LogP contribution < -0.4 is 0 Å². The van der Waals surface area contributed by atoms with Crippen LogP contribution in [-0.4, -0.2) is 29.8 Å². The molecule has 2 nitrogen and oxygen atoms in total.